The average Bonchev–Trinajstić information content (AvgIpc) is 3.23. The zero-order valence-electron chi connectivity index (χ0n) is 32.3. The Kier molecular flexibility index (Phi) is 9.52. The highest BCUT2D eigenvalue weighted by Crippen LogP contribution is 2.31. The third-order valence-electron chi connectivity index (χ3n) is 9.12. The van der Waals surface area contributed by atoms with Crippen LogP contribution in [-0.2, 0) is 10.8 Å². The maximum Gasteiger partial charge on any atom is 0.164 e. The van der Waals surface area contributed by atoms with Gasteiger partial charge in [-0.3, -0.25) is 0 Å². The van der Waals surface area contributed by atoms with Gasteiger partial charge in [-0.1, -0.05) is 175 Å². The molecule has 0 aliphatic heterocycles. The van der Waals surface area contributed by atoms with E-state index in [0.29, 0.717) is 40.8 Å². The molecule has 0 amide bonds. The molecule has 0 radical (unpaired) electrons. The van der Waals surface area contributed by atoms with Gasteiger partial charge in [0.15, 0.2) is 40.8 Å². The van der Waals surface area contributed by atoms with Crippen molar-refractivity contribution < 1.29 is 0 Å². The zero-order valence-corrected chi connectivity index (χ0v) is 32.3. The van der Waals surface area contributed by atoms with E-state index >= 15 is 0 Å². The zero-order chi connectivity index (χ0) is 38.9. The summed E-state index contributed by atoms with van der Waals surface area (Å²) in [6, 6.07) is 45.9. The first-order valence-electron chi connectivity index (χ1n) is 18.6. The Labute approximate surface area is 327 Å². The largest absolute Gasteiger partial charge is 0.217 e. The summed E-state index contributed by atoms with van der Waals surface area (Å²) in [6.07, 6.45) is 0. The highest BCUT2D eigenvalue weighted by atomic mass is 15.1. The normalized spacial score (nSPS) is 11.8. The Bertz CT molecular complexity index is 2540. The summed E-state index contributed by atoms with van der Waals surface area (Å²) < 4.78 is 0. The van der Waals surface area contributed by atoms with Crippen LogP contribution in [-0.4, -0.2) is 44.9 Å². The summed E-state index contributed by atoms with van der Waals surface area (Å²) in [4.78, 5) is 44.4. The van der Waals surface area contributed by atoms with E-state index < -0.39 is 0 Å². The molecule has 9 heteroatoms. The van der Waals surface area contributed by atoms with E-state index in [1.54, 1.807) is 0 Å². The Hall–Kier alpha value is -6.87. The number of aromatic nitrogens is 9. The summed E-state index contributed by atoms with van der Waals surface area (Å²) in [5, 5.41) is 0. The third kappa shape index (κ3) is 7.84. The Balaban J connectivity index is 1.21. The molecule has 0 saturated carbocycles. The molecule has 5 aromatic carbocycles. The van der Waals surface area contributed by atoms with Crippen molar-refractivity contribution in [2.75, 3.05) is 0 Å². The molecule has 8 aromatic rings. The van der Waals surface area contributed by atoms with Crippen molar-refractivity contribution in [3.63, 3.8) is 0 Å². The number of benzene rings is 5. The molecule has 0 bridgehead atoms. The lowest BCUT2D eigenvalue weighted by atomic mass is 9.93. The quantitative estimate of drug-likeness (QED) is 0.158. The van der Waals surface area contributed by atoms with Gasteiger partial charge in [-0.15, -0.1) is 0 Å². The van der Waals surface area contributed by atoms with Crippen LogP contribution in [0.15, 0.2) is 140 Å². The molecule has 0 spiro atoms. The van der Waals surface area contributed by atoms with E-state index in [9.17, 15) is 0 Å². The number of nitrogens with zero attached hydrogens (tertiary/aromatic N) is 9. The fourth-order valence-corrected chi connectivity index (χ4v) is 6.03. The molecule has 0 atom stereocenters. The maximum atomic E-state index is 5.04. The van der Waals surface area contributed by atoms with Gasteiger partial charge < -0.3 is 0 Å². The first-order chi connectivity index (χ1) is 27.0. The Morgan fingerprint density at radius 2 is 0.500 bits per heavy atom. The summed E-state index contributed by atoms with van der Waals surface area (Å²) in [5.41, 5.74) is 5.56. The second-order valence-corrected chi connectivity index (χ2v) is 15.7. The number of hydrogen-bond acceptors (Lipinski definition) is 9. The van der Waals surface area contributed by atoms with Crippen LogP contribution in [0, 0.1) is 0 Å². The third-order valence-corrected chi connectivity index (χ3v) is 9.12. The van der Waals surface area contributed by atoms with Crippen LogP contribution in [0.2, 0.25) is 0 Å². The van der Waals surface area contributed by atoms with Crippen LogP contribution in [0.1, 0.15) is 53.2 Å². The summed E-state index contributed by atoms with van der Waals surface area (Å²) in [5.74, 6) is 5.56. The summed E-state index contributed by atoms with van der Waals surface area (Å²) in [7, 11) is 0. The van der Waals surface area contributed by atoms with Gasteiger partial charge in [0.2, 0.25) is 0 Å². The van der Waals surface area contributed by atoms with Crippen molar-refractivity contribution in [3.05, 3.63) is 151 Å². The van der Waals surface area contributed by atoms with Crippen LogP contribution >= 0.6 is 0 Å². The van der Waals surface area contributed by atoms with Crippen LogP contribution in [0.5, 0.6) is 0 Å². The van der Waals surface area contributed by atoms with Gasteiger partial charge in [0, 0.05) is 49.8 Å². The highest BCUT2D eigenvalue weighted by molar-refractivity contribution is 5.72. The van der Waals surface area contributed by atoms with E-state index in [-0.39, 0.29) is 10.8 Å². The second-order valence-electron chi connectivity index (χ2n) is 15.7. The van der Waals surface area contributed by atoms with Crippen molar-refractivity contribution in [2.24, 2.45) is 0 Å². The monoisotopic (exact) mass is 731 g/mol. The lowest BCUT2D eigenvalue weighted by Gasteiger charge is -2.22. The fraction of sp³-hybridized carbons (Fsp3) is 0.170. The first kappa shape index (κ1) is 36.1. The molecule has 0 aliphatic rings. The molecule has 8 rings (SSSR count). The summed E-state index contributed by atoms with van der Waals surface area (Å²) in [6.45, 7) is 12.7. The lowest BCUT2D eigenvalue weighted by Crippen LogP contribution is -2.24. The minimum absolute atomic E-state index is 0.254. The number of rotatable bonds is 7. The SMILES string of the molecule is CC(C)(C)c1nc(-c2cccc(-c3nc(-c4ccccc4)nc(-c4ccc(-c5nc(-c6ccccc6)nc(-c6ccccc6)n5)cc4)n3)c2)nc(C(C)(C)C)n1. The van der Waals surface area contributed by atoms with Gasteiger partial charge in [-0.2, -0.15) is 0 Å². The van der Waals surface area contributed by atoms with Crippen LogP contribution < -0.4 is 0 Å². The number of hydrogen-bond donors (Lipinski definition) is 0. The topological polar surface area (TPSA) is 116 Å². The van der Waals surface area contributed by atoms with Crippen LogP contribution in [0.25, 0.3) is 79.7 Å². The standard InChI is InChI=1S/C47H41N9/c1-46(2,3)44-54-43(55-45(56-44)47(4,5)6)36-24-16-23-35(29-36)42-52-39(32-21-14-9-15-22-32)51-41(53-42)34-27-25-33(26-28-34)40-49-37(30-17-10-7-11-18-30)48-38(50-40)31-19-12-8-13-20-31/h7-29H,1-6H3. The second kappa shape index (κ2) is 14.8. The lowest BCUT2D eigenvalue weighted by molar-refractivity contribution is 0.497. The van der Waals surface area contributed by atoms with Crippen molar-refractivity contribution in [1.82, 2.24) is 44.9 Å². The molecule has 9 nitrogen and oxygen atoms in total. The fourth-order valence-electron chi connectivity index (χ4n) is 6.03. The Morgan fingerprint density at radius 3 is 0.804 bits per heavy atom. The van der Waals surface area contributed by atoms with Crippen molar-refractivity contribution in [2.45, 2.75) is 52.4 Å². The molecule has 0 unspecified atom stereocenters. The molecule has 274 valence electrons. The predicted octanol–water partition coefficient (Wildman–Crippen LogP) is 10.5. The van der Waals surface area contributed by atoms with E-state index in [0.717, 1.165) is 50.6 Å². The van der Waals surface area contributed by atoms with Crippen LogP contribution in [0.4, 0.5) is 0 Å². The van der Waals surface area contributed by atoms with E-state index in [4.69, 9.17) is 44.9 Å². The average molecular weight is 732 g/mol. The van der Waals surface area contributed by atoms with E-state index in [2.05, 4.69) is 41.5 Å². The minimum Gasteiger partial charge on any atom is -0.217 e. The van der Waals surface area contributed by atoms with Crippen LogP contribution in [0.3, 0.4) is 0 Å². The molecule has 0 saturated heterocycles. The molecule has 3 aromatic heterocycles. The molecular formula is C47H41N9. The van der Waals surface area contributed by atoms with Gasteiger partial charge in [-0.25, -0.2) is 44.9 Å². The van der Waals surface area contributed by atoms with Gasteiger partial charge in [-0.05, 0) is 6.07 Å². The molecule has 0 aliphatic carbocycles. The minimum atomic E-state index is -0.254. The van der Waals surface area contributed by atoms with Crippen molar-refractivity contribution in [1.29, 1.82) is 0 Å². The van der Waals surface area contributed by atoms with Gasteiger partial charge in [0.1, 0.15) is 11.6 Å². The molecule has 0 fully saturated rings. The Morgan fingerprint density at radius 1 is 0.250 bits per heavy atom. The van der Waals surface area contributed by atoms with E-state index in [1.807, 2.05) is 140 Å². The smallest absolute Gasteiger partial charge is 0.164 e. The predicted molar refractivity (Wildman–Crippen MR) is 222 cm³/mol. The molecular weight excluding hydrogens is 691 g/mol. The van der Waals surface area contributed by atoms with Crippen molar-refractivity contribution >= 4 is 0 Å². The van der Waals surface area contributed by atoms with Gasteiger partial charge in [0.05, 0.1) is 0 Å². The molecule has 0 N–H and O–H groups in total. The maximum absolute atomic E-state index is 5.04. The van der Waals surface area contributed by atoms with Crippen molar-refractivity contribution in [3.8, 4) is 79.7 Å². The first-order valence-corrected chi connectivity index (χ1v) is 18.6. The van der Waals surface area contributed by atoms with Gasteiger partial charge in [0.25, 0.3) is 0 Å². The highest BCUT2D eigenvalue weighted by Gasteiger charge is 2.26. The molecule has 3 heterocycles. The molecule has 56 heavy (non-hydrogen) atoms. The van der Waals surface area contributed by atoms with E-state index in [1.165, 1.54) is 0 Å². The van der Waals surface area contributed by atoms with Gasteiger partial charge >= 0.3 is 0 Å². The summed E-state index contributed by atoms with van der Waals surface area (Å²) >= 11 is 0.